The number of aryl methyl sites for hydroxylation is 1. The molecule has 2 aliphatic heterocycles. The van der Waals surface area contributed by atoms with Gasteiger partial charge in [-0.2, -0.15) is 5.10 Å². The second kappa shape index (κ2) is 10.9. The lowest BCUT2D eigenvalue weighted by molar-refractivity contribution is -0.0492. The van der Waals surface area contributed by atoms with Gasteiger partial charge in [0, 0.05) is 57.0 Å². The molecule has 0 spiro atoms. The summed E-state index contributed by atoms with van der Waals surface area (Å²) in [5, 5.41) is 13.1. The summed E-state index contributed by atoms with van der Waals surface area (Å²) in [4.78, 5) is 15.9. The molecule has 0 unspecified atom stereocenters. The second-order valence-corrected chi connectivity index (χ2v) is 11.7. The van der Waals surface area contributed by atoms with E-state index in [9.17, 15) is 13.6 Å². The molecule has 1 amide bonds. The van der Waals surface area contributed by atoms with E-state index in [2.05, 4.69) is 15.3 Å². The molecule has 0 saturated carbocycles. The van der Waals surface area contributed by atoms with Crippen molar-refractivity contribution in [1.29, 1.82) is 0 Å². The molecular weight excluding hydrogens is 534 g/mol. The number of carbonyl (C=O) groups is 1. The summed E-state index contributed by atoms with van der Waals surface area (Å²) in [7, 11) is 5.23. The fraction of sp³-hybridized carbons (Fsp3) is 0.517. The maximum atomic E-state index is 15.0. The van der Waals surface area contributed by atoms with E-state index in [1.54, 1.807) is 38.8 Å². The Bertz CT molecular complexity index is 1390. The van der Waals surface area contributed by atoms with Gasteiger partial charge >= 0.3 is 6.09 Å². The molecule has 3 aromatic rings. The lowest BCUT2D eigenvalue weighted by Gasteiger charge is -2.42. The monoisotopic (exact) mass is 570 g/mol. The number of benzene rings is 1. The Labute approximate surface area is 238 Å². The summed E-state index contributed by atoms with van der Waals surface area (Å²) >= 11 is 0. The van der Waals surface area contributed by atoms with E-state index < -0.39 is 29.7 Å². The van der Waals surface area contributed by atoms with Crippen LogP contribution < -0.4 is 9.64 Å². The molecule has 0 N–H and O–H groups in total. The highest BCUT2D eigenvalue weighted by molar-refractivity contribution is 5.74. The lowest BCUT2D eigenvalue weighted by atomic mass is 9.96. The SMILES string of the molecule is COCOc1cc(-c2cnn(C)c2)ccc1-c1ccc(N(C)[C@@H]2C[C@H]3CC(F)(F)[C@@H](C2)N3C(=O)OC(C)(C)C)nn1. The topological polar surface area (TPSA) is 94.8 Å². The third-order valence-electron chi connectivity index (χ3n) is 7.56. The second-order valence-electron chi connectivity index (χ2n) is 11.7. The van der Waals surface area contributed by atoms with Crippen LogP contribution in [0.3, 0.4) is 0 Å². The van der Waals surface area contributed by atoms with Crippen molar-refractivity contribution in [2.75, 3.05) is 25.9 Å². The Hall–Kier alpha value is -3.80. The molecule has 3 atom stereocenters. The average molecular weight is 571 g/mol. The van der Waals surface area contributed by atoms with Crippen LogP contribution in [-0.2, 0) is 16.5 Å². The van der Waals surface area contributed by atoms with Crippen LogP contribution in [0.25, 0.3) is 22.4 Å². The van der Waals surface area contributed by atoms with E-state index in [0.717, 1.165) is 16.7 Å². The summed E-state index contributed by atoms with van der Waals surface area (Å²) in [6, 6.07) is 7.34. The Morgan fingerprint density at radius 2 is 1.93 bits per heavy atom. The Kier molecular flexibility index (Phi) is 7.62. The van der Waals surface area contributed by atoms with Gasteiger partial charge in [0.05, 0.1) is 11.9 Å². The summed E-state index contributed by atoms with van der Waals surface area (Å²) < 4.78 is 48.1. The first-order chi connectivity index (χ1) is 19.4. The smallest absolute Gasteiger partial charge is 0.411 e. The van der Waals surface area contributed by atoms with Crippen molar-refractivity contribution in [3.8, 4) is 28.1 Å². The third-order valence-corrected chi connectivity index (χ3v) is 7.56. The minimum absolute atomic E-state index is 0.0622. The van der Waals surface area contributed by atoms with Crippen molar-refractivity contribution in [2.45, 2.75) is 69.7 Å². The molecule has 220 valence electrons. The molecule has 0 radical (unpaired) electrons. The van der Waals surface area contributed by atoms with E-state index >= 15 is 0 Å². The normalized spacial score (nSPS) is 21.6. The lowest BCUT2D eigenvalue weighted by Crippen LogP contribution is -2.55. The minimum atomic E-state index is -2.98. The van der Waals surface area contributed by atoms with Crippen LogP contribution in [0.1, 0.15) is 40.0 Å². The zero-order valence-corrected chi connectivity index (χ0v) is 24.2. The number of fused-ring (bicyclic) bond motifs is 2. The number of nitrogens with zero attached hydrogens (tertiary/aromatic N) is 6. The predicted octanol–water partition coefficient (Wildman–Crippen LogP) is 5.14. The number of amides is 1. The zero-order valence-electron chi connectivity index (χ0n) is 24.2. The Morgan fingerprint density at radius 1 is 1.15 bits per heavy atom. The average Bonchev–Trinajstić information content (AvgIpc) is 3.42. The fourth-order valence-electron chi connectivity index (χ4n) is 5.63. The predicted molar refractivity (Wildman–Crippen MR) is 149 cm³/mol. The van der Waals surface area contributed by atoms with Gasteiger partial charge in [-0.15, -0.1) is 10.2 Å². The number of halogens is 2. The summed E-state index contributed by atoms with van der Waals surface area (Å²) in [6.07, 6.45) is 3.13. The molecule has 2 aliphatic rings. The molecular formula is C29H36F2N6O4. The molecule has 2 fully saturated rings. The Balaban J connectivity index is 1.34. The highest BCUT2D eigenvalue weighted by Crippen LogP contribution is 2.47. The molecule has 10 nitrogen and oxygen atoms in total. The van der Waals surface area contributed by atoms with Gasteiger partial charge in [0.25, 0.3) is 5.92 Å². The van der Waals surface area contributed by atoms with Gasteiger partial charge in [0.1, 0.15) is 17.4 Å². The van der Waals surface area contributed by atoms with Gasteiger partial charge in [-0.1, -0.05) is 6.07 Å². The largest absolute Gasteiger partial charge is 0.467 e. The standard InChI is InChI=1S/C29H36F2N6O4/c1-28(2,3)41-27(38)37-21-12-20(13-25(37)29(30,31)14-21)36(5)26-10-9-23(33-34-26)22-8-7-18(11-24(22)40-17-39-6)19-15-32-35(4)16-19/h7-11,15-16,20-21,25H,12-14,17H2,1-6H3/t20-,21+,25-/m1/s1. The van der Waals surface area contributed by atoms with Gasteiger partial charge in [-0.05, 0) is 63.4 Å². The molecule has 1 aromatic carbocycles. The number of methoxy groups -OCH3 is 1. The number of alkyl halides is 2. The van der Waals surface area contributed by atoms with Crippen molar-refractivity contribution in [1.82, 2.24) is 24.9 Å². The quantitative estimate of drug-likeness (QED) is 0.361. The number of carbonyl (C=O) groups excluding carboxylic acids is 1. The molecule has 0 aliphatic carbocycles. The maximum absolute atomic E-state index is 15.0. The van der Waals surface area contributed by atoms with Crippen molar-refractivity contribution in [3.05, 3.63) is 42.7 Å². The Morgan fingerprint density at radius 3 is 2.54 bits per heavy atom. The van der Waals surface area contributed by atoms with Crippen LogP contribution in [0.15, 0.2) is 42.7 Å². The maximum Gasteiger partial charge on any atom is 0.411 e. The zero-order chi connectivity index (χ0) is 29.5. The number of piperidine rings is 1. The van der Waals surface area contributed by atoms with Crippen molar-refractivity contribution < 1.29 is 27.8 Å². The number of hydrogen-bond donors (Lipinski definition) is 0. The van der Waals surface area contributed by atoms with Crippen molar-refractivity contribution in [3.63, 3.8) is 0 Å². The molecule has 4 heterocycles. The van der Waals surface area contributed by atoms with Crippen LogP contribution in [0, 0.1) is 0 Å². The van der Waals surface area contributed by atoms with Gasteiger partial charge in [-0.25, -0.2) is 13.6 Å². The molecule has 5 rings (SSSR count). The van der Waals surface area contributed by atoms with Crippen LogP contribution >= 0.6 is 0 Å². The summed E-state index contributed by atoms with van der Waals surface area (Å²) in [5.74, 6) is -1.84. The highest BCUT2D eigenvalue weighted by Gasteiger charge is 2.60. The molecule has 2 saturated heterocycles. The van der Waals surface area contributed by atoms with E-state index in [4.69, 9.17) is 14.2 Å². The van der Waals surface area contributed by atoms with E-state index in [1.165, 1.54) is 4.90 Å². The first kappa shape index (κ1) is 28.7. The van der Waals surface area contributed by atoms with Gasteiger partial charge in [0.2, 0.25) is 0 Å². The summed E-state index contributed by atoms with van der Waals surface area (Å²) in [5.41, 5.74) is 2.45. The van der Waals surface area contributed by atoms with Crippen LogP contribution in [0.5, 0.6) is 5.75 Å². The van der Waals surface area contributed by atoms with Crippen molar-refractivity contribution in [2.24, 2.45) is 7.05 Å². The van der Waals surface area contributed by atoms with E-state index in [-0.39, 0.29) is 25.7 Å². The number of hydrogen-bond acceptors (Lipinski definition) is 8. The molecule has 12 heteroatoms. The number of ether oxygens (including phenoxy) is 3. The van der Waals surface area contributed by atoms with Gasteiger partial charge < -0.3 is 19.1 Å². The number of aromatic nitrogens is 4. The minimum Gasteiger partial charge on any atom is -0.467 e. The van der Waals surface area contributed by atoms with Crippen LogP contribution in [0.4, 0.5) is 19.4 Å². The molecule has 2 bridgehead atoms. The van der Waals surface area contributed by atoms with Crippen molar-refractivity contribution >= 4 is 11.9 Å². The van der Waals surface area contributed by atoms with Crippen LogP contribution in [-0.4, -0.2) is 81.6 Å². The fourth-order valence-corrected chi connectivity index (χ4v) is 5.63. The first-order valence-corrected chi connectivity index (χ1v) is 13.6. The van der Waals surface area contributed by atoms with Gasteiger partial charge in [0.15, 0.2) is 12.6 Å². The van der Waals surface area contributed by atoms with Gasteiger partial charge in [-0.3, -0.25) is 9.58 Å². The summed E-state index contributed by atoms with van der Waals surface area (Å²) in [6.45, 7) is 5.26. The van der Waals surface area contributed by atoms with E-state index in [1.807, 2.05) is 55.5 Å². The number of rotatable bonds is 7. The number of anilines is 1. The first-order valence-electron chi connectivity index (χ1n) is 13.6. The molecule has 41 heavy (non-hydrogen) atoms. The highest BCUT2D eigenvalue weighted by atomic mass is 19.3. The third kappa shape index (κ3) is 5.97. The van der Waals surface area contributed by atoms with E-state index in [0.29, 0.717) is 23.7 Å². The van der Waals surface area contributed by atoms with Crippen LogP contribution in [0.2, 0.25) is 0 Å². The molecule has 2 aromatic heterocycles.